The summed E-state index contributed by atoms with van der Waals surface area (Å²) in [6, 6.07) is 6.64. The molecule has 0 aliphatic carbocycles. The molecule has 4 nitrogen and oxygen atoms in total. The van der Waals surface area contributed by atoms with Gasteiger partial charge in [-0.05, 0) is 25.1 Å². The van der Waals surface area contributed by atoms with Crippen LogP contribution in [0.5, 0.6) is 5.75 Å². The predicted molar refractivity (Wildman–Crippen MR) is 60.8 cm³/mol. The van der Waals surface area contributed by atoms with Crippen LogP contribution in [-0.4, -0.2) is 18.2 Å². The van der Waals surface area contributed by atoms with Gasteiger partial charge in [0, 0.05) is 6.42 Å². The number of hydrogen-bond donors (Lipinski definition) is 0. The summed E-state index contributed by atoms with van der Waals surface area (Å²) in [7, 11) is 0. The molecule has 0 aromatic heterocycles. The number of benzene rings is 1. The van der Waals surface area contributed by atoms with E-state index in [4.69, 9.17) is 26.3 Å². The highest BCUT2D eigenvalue weighted by Crippen LogP contribution is 2.28. The second kappa shape index (κ2) is 4.64. The summed E-state index contributed by atoms with van der Waals surface area (Å²) < 4.78 is 10.4. The molecule has 0 spiro atoms. The van der Waals surface area contributed by atoms with Crippen molar-refractivity contribution < 1.29 is 14.3 Å². The molecule has 2 unspecified atom stereocenters. The lowest BCUT2D eigenvalue weighted by Crippen LogP contribution is -2.21. The molecule has 2 rings (SSSR count). The summed E-state index contributed by atoms with van der Waals surface area (Å²) in [5.74, 6) is 0.0136. The Morgan fingerprint density at radius 1 is 1.59 bits per heavy atom. The normalized spacial score (nSPS) is 23.0. The summed E-state index contributed by atoms with van der Waals surface area (Å²) >= 11 is 5.94. The van der Waals surface area contributed by atoms with Gasteiger partial charge in [-0.2, -0.15) is 5.26 Å². The Kier molecular flexibility index (Phi) is 3.21. The van der Waals surface area contributed by atoms with Crippen molar-refractivity contribution in [2.24, 2.45) is 0 Å². The van der Waals surface area contributed by atoms with Crippen molar-refractivity contribution in [1.29, 1.82) is 5.26 Å². The topological polar surface area (TPSA) is 59.3 Å². The van der Waals surface area contributed by atoms with Crippen molar-refractivity contribution in [3.63, 3.8) is 0 Å². The summed E-state index contributed by atoms with van der Waals surface area (Å²) in [6.45, 7) is 1.81. The monoisotopic (exact) mass is 251 g/mol. The lowest BCUT2D eigenvalue weighted by atomic mass is 10.2. The van der Waals surface area contributed by atoms with Crippen LogP contribution in [0.3, 0.4) is 0 Å². The third-order valence-corrected chi connectivity index (χ3v) is 2.75. The van der Waals surface area contributed by atoms with Crippen molar-refractivity contribution in [3.8, 4) is 11.8 Å². The minimum Gasteiger partial charge on any atom is -0.477 e. The second-order valence-corrected chi connectivity index (χ2v) is 4.25. The largest absolute Gasteiger partial charge is 0.477 e. The molecule has 1 aromatic rings. The van der Waals surface area contributed by atoms with E-state index in [1.807, 2.05) is 13.0 Å². The van der Waals surface area contributed by atoms with Gasteiger partial charge in [-0.15, -0.1) is 0 Å². The number of halogens is 1. The Bertz CT molecular complexity index is 495. The quantitative estimate of drug-likeness (QED) is 0.757. The van der Waals surface area contributed by atoms with E-state index in [-0.39, 0.29) is 12.1 Å². The maximum absolute atomic E-state index is 11.4. The van der Waals surface area contributed by atoms with E-state index in [0.717, 1.165) is 0 Å². The van der Waals surface area contributed by atoms with Gasteiger partial charge in [-0.1, -0.05) is 11.6 Å². The molecule has 5 heteroatoms. The third-order valence-electron chi connectivity index (χ3n) is 2.46. The Morgan fingerprint density at radius 2 is 2.35 bits per heavy atom. The molecule has 1 fully saturated rings. The number of carbonyl (C=O) groups excluding carboxylic acids is 1. The van der Waals surface area contributed by atoms with Gasteiger partial charge in [-0.3, -0.25) is 0 Å². The number of nitrogens with zero attached hydrogens (tertiary/aromatic N) is 1. The van der Waals surface area contributed by atoms with Crippen LogP contribution < -0.4 is 4.74 Å². The Hall–Kier alpha value is -1.73. The lowest BCUT2D eigenvalue weighted by molar-refractivity contribution is -0.145. The number of esters is 1. The summed E-state index contributed by atoms with van der Waals surface area (Å²) in [4.78, 5) is 11.4. The number of carbonyl (C=O) groups is 1. The smallest absolute Gasteiger partial charge is 0.347 e. The standard InChI is InChI=1S/C12H10ClNO3/c1-7-4-11(12(15)16-7)17-10-3-2-8(6-14)5-9(10)13/h2-3,5,7,11H,4H2,1H3. The maximum atomic E-state index is 11.4. The fourth-order valence-electron chi connectivity index (χ4n) is 1.64. The molecule has 17 heavy (non-hydrogen) atoms. The highest BCUT2D eigenvalue weighted by atomic mass is 35.5. The Morgan fingerprint density at radius 3 is 2.88 bits per heavy atom. The van der Waals surface area contributed by atoms with Crippen LogP contribution in [0.2, 0.25) is 5.02 Å². The molecule has 0 N–H and O–H groups in total. The van der Waals surface area contributed by atoms with Crippen molar-refractivity contribution >= 4 is 17.6 Å². The first-order chi connectivity index (χ1) is 8.10. The van der Waals surface area contributed by atoms with Crippen LogP contribution in [0.1, 0.15) is 18.9 Å². The van der Waals surface area contributed by atoms with Gasteiger partial charge < -0.3 is 9.47 Å². The molecule has 1 aliphatic rings. The minimum absolute atomic E-state index is 0.135. The van der Waals surface area contributed by atoms with Crippen molar-refractivity contribution in [3.05, 3.63) is 28.8 Å². The zero-order valence-corrected chi connectivity index (χ0v) is 9.90. The first-order valence-corrected chi connectivity index (χ1v) is 5.54. The molecule has 0 amide bonds. The molecule has 0 bridgehead atoms. The van der Waals surface area contributed by atoms with Crippen LogP contribution in [0.25, 0.3) is 0 Å². The minimum atomic E-state index is -0.615. The maximum Gasteiger partial charge on any atom is 0.347 e. The average molecular weight is 252 g/mol. The average Bonchev–Trinajstić information content (AvgIpc) is 2.60. The van der Waals surface area contributed by atoms with Crippen LogP contribution in [-0.2, 0) is 9.53 Å². The highest BCUT2D eigenvalue weighted by Gasteiger charge is 2.34. The first kappa shape index (κ1) is 11.7. The van der Waals surface area contributed by atoms with Crippen LogP contribution in [0.15, 0.2) is 18.2 Å². The molecule has 88 valence electrons. The van der Waals surface area contributed by atoms with Crippen LogP contribution in [0.4, 0.5) is 0 Å². The van der Waals surface area contributed by atoms with E-state index >= 15 is 0 Å². The number of hydrogen-bond acceptors (Lipinski definition) is 4. The Labute approximate surface area is 104 Å². The van der Waals surface area contributed by atoms with E-state index in [1.165, 1.54) is 6.07 Å². The molecule has 0 radical (unpaired) electrons. The molecule has 1 aliphatic heterocycles. The number of cyclic esters (lactones) is 1. The second-order valence-electron chi connectivity index (χ2n) is 3.85. The Balaban J connectivity index is 2.14. The molecular formula is C12H10ClNO3. The van der Waals surface area contributed by atoms with Crippen molar-refractivity contribution in [2.45, 2.75) is 25.6 Å². The van der Waals surface area contributed by atoms with E-state index in [0.29, 0.717) is 22.8 Å². The predicted octanol–water partition coefficient (Wildman–Crippen LogP) is 2.29. The summed E-state index contributed by atoms with van der Waals surface area (Å²) in [6.07, 6.45) is -0.241. The summed E-state index contributed by atoms with van der Waals surface area (Å²) in [5.41, 5.74) is 0.449. The fourth-order valence-corrected chi connectivity index (χ4v) is 1.86. The third kappa shape index (κ3) is 2.51. The van der Waals surface area contributed by atoms with E-state index in [1.54, 1.807) is 12.1 Å². The molecule has 1 saturated heterocycles. The van der Waals surface area contributed by atoms with E-state index in [9.17, 15) is 4.79 Å². The summed E-state index contributed by atoms with van der Waals surface area (Å²) in [5, 5.41) is 9.01. The fraction of sp³-hybridized carbons (Fsp3) is 0.333. The van der Waals surface area contributed by atoms with Gasteiger partial charge in [0.25, 0.3) is 0 Å². The molecule has 0 saturated carbocycles. The zero-order chi connectivity index (χ0) is 12.4. The van der Waals surface area contributed by atoms with Gasteiger partial charge in [0.2, 0.25) is 0 Å². The van der Waals surface area contributed by atoms with E-state index < -0.39 is 6.10 Å². The zero-order valence-electron chi connectivity index (χ0n) is 9.14. The number of nitriles is 1. The molecule has 1 aromatic carbocycles. The van der Waals surface area contributed by atoms with Gasteiger partial charge >= 0.3 is 5.97 Å². The van der Waals surface area contributed by atoms with Crippen molar-refractivity contribution in [1.82, 2.24) is 0 Å². The number of rotatable bonds is 2. The number of ether oxygens (including phenoxy) is 2. The molecular weight excluding hydrogens is 242 g/mol. The van der Waals surface area contributed by atoms with Gasteiger partial charge in [0.05, 0.1) is 16.7 Å². The van der Waals surface area contributed by atoms with Crippen molar-refractivity contribution in [2.75, 3.05) is 0 Å². The van der Waals surface area contributed by atoms with Gasteiger partial charge in [0.1, 0.15) is 11.9 Å². The molecule has 2 atom stereocenters. The van der Waals surface area contributed by atoms with E-state index in [2.05, 4.69) is 0 Å². The SMILES string of the molecule is CC1CC(Oc2ccc(C#N)cc2Cl)C(=O)O1. The molecule has 1 heterocycles. The highest BCUT2D eigenvalue weighted by molar-refractivity contribution is 6.32. The van der Waals surface area contributed by atoms with Crippen LogP contribution >= 0.6 is 11.6 Å². The van der Waals surface area contributed by atoms with Crippen LogP contribution in [0, 0.1) is 11.3 Å². The lowest BCUT2D eigenvalue weighted by Gasteiger charge is -2.11. The first-order valence-electron chi connectivity index (χ1n) is 5.17. The van der Waals surface area contributed by atoms with Gasteiger partial charge in [-0.25, -0.2) is 4.79 Å². The van der Waals surface area contributed by atoms with Gasteiger partial charge in [0.15, 0.2) is 6.10 Å².